The predicted octanol–water partition coefficient (Wildman–Crippen LogP) is 2.45. The van der Waals surface area contributed by atoms with Gasteiger partial charge < -0.3 is 14.8 Å². The lowest BCUT2D eigenvalue weighted by molar-refractivity contribution is 0.161. The molecule has 1 atom stereocenters. The fourth-order valence-corrected chi connectivity index (χ4v) is 2.90. The van der Waals surface area contributed by atoms with Crippen LogP contribution in [0.1, 0.15) is 31.4 Å². The molecular formula is C16H26N2O2. The van der Waals surface area contributed by atoms with Gasteiger partial charge in [0.1, 0.15) is 11.5 Å². The molecule has 0 unspecified atom stereocenters. The maximum Gasteiger partial charge on any atom is 0.123 e. The molecule has 112 valence electrons. The number of nitrogens with zero attached hydrogens (tertiary/aromatic N) is 1. The number of rotatable bonds is 6. The topological polar surface area (TPSA) is 33.7 Å². The fourth-order valence-electron chi connectivity index (χ4n) is 2.90. The van der Waals surface area contributed by atoms with Gasteiger partial charge in [-0.15, -0.1) is 0 Å². The van der Waals surface area contributed by atoms with E-state index in [0.717, 1.165) is 50.5 Å². The van der Waals surface area contributed by atoms with E-state index in [1.807, 2.05) is 12.1 Å². The molecule has 20 heavy (non-hydrogen) atoms. The maximum absolute atomic E-state index is 5.57. The van der Waals surface area contributed by atoms with Crippen molar-refractivity contribution < 1.29 is 9.47 Å². The number of hydrogen-bond donors (Lipinski definition) is 1. The highest BCUT2D eigenvalue weighted by Gasteiger charge is 2.24. The van der Waals surface area contributed by atoms with Crippen molar-refractivity contribution in [2.45, 2.75) is 25.8 Å². The standard InChI is InChI=1S/C16H26N2O2/c1-4-5-15(18-10-8-17-9-11-18)14-12-13(19-2)6-7-16(14)20-3/h6-7,12,15,17H,4-5,8-11H2,1-3H3/t15-/m0/s1. The number of benzene rings is 1. The highest BCUT2D eigenvalue weighted by molar-refractivity contribution is 5.42. The molecule has 2 rings (SSSR count). The van der Waals surface area contributed by atoms with Gasteiger partial charge in [0.15, 0.2) is 0 Å². The molecule has 0 spiro atoms. The van der Waals surface area contributed by atoms with Crippen LogP contribution in [0, 0.1) is 0 Å². The molecule has 0 aromatic heterocycles. The molecule has 1 aliphatic rings. The average molecular weight is 278 g/mol. The van der Waals surface area contributed by atoms with Crippen LogP contribution < -0.4 is 14.8 Å². The third-order valence-electron chi connectivity index (χ3n) is 3.95. The summed E-state index contributed by atoms with van der Waals surface area (Å²) in [5, 5.41) is 3.42. The monoisotopic (exact) mass is 278 g/mol. The first-order chi connectivity index (χ1) is 9.80. The van der Waals surface area contributed by atoms with E-state index in [1.165, 1.54) is 5.56 Å². The lowest BCUT2D eigenvalue weighted by atomic mass is 9.98. The first kappa shape index (κ1) is 15.1. The number of ether oxygens (including phenoxy) is 2. The summed E-state index contributed by atoms with van der Waals surface area (Å²) in [6.07, 6.45) is 2.30. The molecule has 1 saturated heterocycles. The zero-order valence-electron chi connectivity index (χ0n) is 12.8. The highest BCUT2D eigenvalue weighted by atomic mass is 16.5. The Kier molecular flexibility index (Phi) is 5.68. The van der Waals surface area contributed by atoms with Gasteiger partial charge in [-0.05, 0) is 24.6 Å². The van der Waals surface area contributed by atoms with Gasteiger partial charge in [-0.1, -0.05) is 13.3 Å². The molecule has 4 nitrogen and oxygen atoms in total. The zero-order chi connectivity index (χ0) is 14.4. The second-order valence-corrected chi connectivity index (χ2v) is 5.20. The molecule has 4 heteroatoms. The summed E-state index contributed by atoms with van der Waals surface area (Å²) in [7, 11) is 3.46. The van der Waals surface area contributed by atoms with Crippen LogP contribution in [0.2, 0.25) is 0 Å². The van der Waals surface area contributed by atoms with Crippen LogP contribution in [0.15, 0.2) is 18.2 Å². The largest absolute Gasteiger partial charge is 0.497 e. The average Bonchev–Trinajstić information content (AvgIpc) is 2.53. The Bertz CT molecular complexity index is 417. The second-order valence-electron chi connectivity index (χ2n) is 5.20. The number of hydrogen-bond acceptors (Lipinski definition) is 4. The van der Waals surface area contributed by atoms with Crippen LogP contribution in [0.4, 0.5) is 0 Å². The Labute approximate surface area is 122 Å². The first-order valence-corrected chi connectivity index (χ1v) is 7.46. The molecule has 0 aliphatic carbocycles. The summed E-state index contributed by atoms with van der Waals surface area (Å²) < 4.78 is 10.9. The van der Waals surface area contributed by atoms with E-state index in [-0.39, 0.29) is 0 Å². The lowest BCUT2D eigenvalue weighted by Crippen LogP contribution is -2.45. The normalized spacial score (nSPS) is 17.8. The molecule has 1 aliphatic heterocycles. The van der Waals surface area contributed by atoms with Crippen molar-refractivity contribution >= 4 is 0 Å². The molecule has 0 radical (unpaired) electrons. The summed E-state index contributed by atoms with van der Waals surface area (Å²) in [5.41, 5.74) is 1.25. The van der Waals surface area contributed by atoms with Crippen LogP contribution in [0.3, 0.4) is 0 Å². The SMILES string of the molecule is CCC[C@@H](c1cc(OC)ccc1OC)N1CCNCC1. The minimum Gasteiger partial charge on any atom is -0.497 e. The van der Waals surface area contributed by atoms with E-state index in [9.17, 15) is 0 Å². The Morgan fingerprint density at radius 3 is 2.55 bits per heavy atom. The molecule has 1 aromatic carbocycles. The predicted molar refractivity (Wildman–Crippen MR) is 81.6 cm³/mol. The van der Waals surface area contributed by atoms with E-state index in [0.29, 0.717) is 6.04 Å². The number of piperazine rings is 1. The quantitative estimate of drug-likeness (QED) is 0.866. The smallest absolute Gasteiger partial charge is 0.123 e. The highest BCUT2D eigenvalue weighted by Crippen LogP contribution is 2.35. The Morgan fingerprint density at radius 1 is 1.20 bits per heavy atom. The van der Waals surface area contributed by atoms with Crippen LogP contribution >= 0.6 is 0 Å². The van der Waals surface area contributed by atoms with E-state index in [4.69, 9.17) is 9.47 Å². The van der Waals surface area contributed by atoms with Gasteiger partial charge in [-0.2, -0.15) is 0 Å². The first-order valence-electron chi connectivity index (χ1n) is 7.46. The summed E-state index contributed by atoms with van der Waals surface area (Å²) >= 11 is 0. The van der Waals surface area contributed by atoms with Gasteiger partial charge in [-0.25, -0.2) is 0 Å². The van der Waals surface area contributed by atoms with Crippen molar-refractivity contribution in [3.05, 3.63) is 23.8 Å². The van der Waals surface area contributed by atoms with Crippen molar-refractivity contribution in [2.24, 2.45) is 0 Å². The van der Waals surface area contributed by atoms with E-state index < -0.39 is 0 Å². The molecular weight excluding hydrogens is 252 g/mol. The van der Waals surface area contributed by atoms with Crippen molar-refractivity contribution in [3.8, 4) is 11.5 Å². The summed E-state index contributed by atoms with van der Waals surface area (Å²) in [4.78, 5) is 2.55. The van der Waals surface area contributed by atoms with Gasteiger partial charge in [0.05, 0.1) is 14.2 Å². The molecule has 0 saturated carbocycles. The van der Waals surface area contributed by atoms with Gasteiger partial charge in [0, 0.05) is 37.8 Å². The molecule has 1 N–H and O–H groups in total. The molecule has 1 heterocycles. The summed E-state index contributed by atoms with van der Waals surface area (Å²) in [6, 6.07) is 6.51. The van der Waals surface area contributed by atoms with Gasteiger partial charge in [0.25, 0.3) is 0 Å². The van der Waals surface area contributed by atoms with Gasteiger partial charge in [-0.3, -0.25) is 4.90 Å². The Balaban J connectivity index is 2.30. The zero-order valence-corrected chi connectivity index (χ0v) is 12.8. The number of methoxy groups -OCH3 is 2. The molecule has 1 fully saturated rings. The lowest BCUT2D eigenvalue weighted by Gasteiger charge is -2.35. The molecule has 0 amide bonds. The maximum atomic E-state index is 5.57. The molecule has 0 bridgehead atoms. The summed E-state index contributed by atoms with van der Waals surface area (Å²) in [5.74, 6) is 1.86. The minimum atomic E-state index is 0.409. The van der Waals surface area contributed by atoms with Crippen LogP contribution in [-0.2, 0) is 0 Å². The summed E-state index contributed by atoms with van der Waals surface area (Å²) in [6.45, 7) is 6.54. The van der Waals surface area contributed by atoms with E-state index in [1.54, 1.807) is 14.2 Å². The number of nitrogens with one attached hydrogen (secondary N) is 1. The third-order valence-corrected chi connectivity index (χ3v) is 3.95. The van der Waals surface area contributed by atoms with Crippen molar-refractivity contribution in [2.75, 3.05) is 40.4 Å². The third kappa shape index (κ3) is 3.44. The van der Waals surface area contributed by atoms with Gasteiger partial charge in [0.2, 0.25) is 0 Å². The van der Waals surface area contributed by atoms with Crippen LogP contribution in [0.25, 0.3) is 0 Å². The minimum absolute atomic E-state index is 0.409. The van der Waals surface area contributed by atoms with E-state index >= 15 is 0 Å². The molecule has 1 aromatic rings. The van der Waals surface area contributed by atoms with Crippen molar-refractivity contribution in [1.29, 1.82) is 0 Å². The Morgan fingerprint density at radius 2 is 1.95 bits per heavy atom. The van der Waals surface area contributed by atoms with Crippen LogP contribution in [-0.4, -0.2) is 45.3 Å². The second kappa shape index (κ2) is 7.50. The van der Waals surface area contributed by atoms with Crippen molar-refractivity contribution in [1.82, 2.24) is 10.2 Å². The van der Waals surface area contributed by atoms with Crippen molar-refractivity contribution in [3.63, 3.8) is 0 Å². The Hall–Kier alpha value is -1.26. The van der Waals surface area contributed by atoms with E-state index in [2.05, 4.69) is 23.2 Å². The van der Waals surface area contributed by atoms with Gasteiger partial charge >= 0.3 is 0 Å². The van der Waals surface area contributed by atoms with Crippen LogP contribution in [0.5, 0.6) is 11.5 Å². The fraction of sp³-hybridized carbons (Fsp3) is 0.625.